The zero-order valence-electron chi connectivity index (χ0n) is 11.7. The molecule has 0 heterocycles. The molecule has 18 heavy (non-hydrogen) atoms. The van der Waals surface area contributed by atoms with Crippen LogP contribution in [-0.4, -0.2) is 28.9 Å². The Bertz CT molecular complexity index is 319. The van der Waals surface area contributed by atoms with Crippen LogP contribution in [0.4, 0.5) is 4.79 Å². The van der Waals surface area contributed by atoms with Crippen molar-refractivity contribution in [1.29, 1.82) is 0 Å². The molecule has 2 aliphatic carbocycles. The summed E-state index contributed by atoms with van der Waals surface area (Å²) in [6.07, 6.45) is 5.88. The Hall–Kier alpha value is -0.770. The maximum atomic E-state index is 12.0. The normalized spacial score (nSPS) is 24.7. The summed E-state index contributed by atoms with van der Waals surface area (Å²) >= 11 is 0. The first kappa shape index (κ1) is 13.7. The van der Waals surface area contributed by atoms with E-state index in [0.29, 0.717) is 0 Å². The van der Waals surface area contributed by atoms with Crippen LogP contribution in [0, 0.1) is 5.41 Å². The van der Waals surface area contributed by atoms with Gasteiger partial charge in [-0.25, -0.2) is 4.79 Å². The molecule has 2 N–H and O–H groups in total. The second-order valence-corrected chi connectivity index (χ2v) is 6.85. The molecule has 0 saturated heterocycles. The lowest BCUT2D eigenvalue weighted by Gasteiger charge is -2.60. The average Bonchev–Trinajstić information content (AvgIpc) is 2.09. The van der Waals surface area contributed by atoms with Crippen molar-refractivity contribution in [2.75, 3.05) is 6.61 Å². The Balaban J connectivity index is 2.03. The summed E-state index contributed by atoms with van der Waals surface area (Å²) in [5.41, 5.74) is -0.786. The van der Waals surface area contributed by atoms with Gasteiger partial charge < -0.3 is 15.2 Å². The first-order chi connectivity index (χ1) is 8.33. The third-order valence-electron chi connectivity index (χ3n) is 4.58. The molecule has 4 heteroatoms. The Morgan fingerprint density at radius 3 is 2.06 bits per heavy atom. The van der Waals surface area contributed by atoms with E-state index in [9.17, 15) is 9.90 Å². The van der Waals surface area contributed by atoms with Gasteiger partial charge in [0.2, 0.25) is 0 Å². The van der Waals surface area contributed by atoms with Crippen LogP contribution in [0.1, 0.15) is 59.3 Å². The minimum atomic E-state index is -0.471. The van der Waals surface area contributed by atoms with Crippen molar-refractivity contribution in [2.24, 2.45) is 5.41 Å². The number of nitrogens with one attached hydrogen (secondary N) is 1. The zero-order valence-corrected chi connectivity index (χ0v) is 11.7. The molecule has 2 saturated carbocycles. The van der Waals surface area contributed by atoms with Gasteiger partial charge in [-0.15, -0.1) is 0 Å². The van der Waals surface area contributed by atoms with E-state index < -0.39 is 5.60 Å². The maximum absolute atomic E-state index is 12.0. The van der Waals surface area contributed by atoms with E-state index in [4.69, 9.17) is 4.74 Å². The number of amides is 1. The van der Waals surface area contributed by atoms with Gasteiger partial charge in [0.1, 0.15) is 5.60 Å². The first-order valence-corrected chi connectivity index (χ1v) is 6.95. The van der Waals surface area contributed by atoms with Gasteiger partial charge in [0.25, 0.3) is 0 Å². The molecule has 104 valence electrons. The third-order valence-corrected chi connectivity index (χ3v) is 4.58. The van der Waals surface area contributed by atoms with Gasteiger partial charge in [0.05, 0.1) is 12.1 Å². The number of aliphatic hydroxyl groups excluding tert-OH is 1. The van der Waals surface area contributed by atoms with Crippen molar-refractivity contribution >= 4 is 6.09 Å². The highest BCUT2D eigenvalue weighted by molar-refractivity contribution is 5.69. The Morgan fingerprint density at radius 2 is 1.78 bits per heavy atom. The number of carbonyl (C=O) groups is 1. The van der Waals surface area contributed by atoms with Gasteiger partial charge in [-0.05, 0) is 52.9 Å². The zero-order chi connectivity index (χ0) is 13.4. The Morgan fingerprint density at radius 1 is 1.22 bits per heavy atom. The molecule has 0 aliphatic heterocycles. The standard InChI is InChI=1S/C14H25NO3/c1-12(2,3)18-11(17)15-14(8-5-9-14)13(10-16)6-4-7-13/h16H,4-10H2,1-3H3,(H,15,17). The summed E-state index contributed by atoms with van der Waals surface area (Å²) in [7, 11) is 0. The lowest BCUT2D eigenvalue weighted by atomic mass is 9.50. The summed E-state index contributed by atoms with van der Waals surface area (Å²) in [6.45, 7) is 5.77. The van der Waals surface area contributed by atoms with Gasteiger partial charge in [0.15, 0.2) is 0 Å². The van der Waals surface area contributed by atoms with Crippen LogP contribution in [-0.2, 0) is 4.74 Å². The summed E-state index contributed by atoms with van der Waals surface area (Å²) in [5.74, 6) is 0. The maximum Gasteiger partial charge on any atom is 0.408 e. The van der Waals surface area contributed by atoms with Gasteiger partial charge in [0, 0.05) is 5.41 Å². The van der Waals surface area contributed by atoms with Crippen molar-refractivity contribution < 1.29 is 14.6 Å². The van der Waals surface area contributed by atoms with Crippen LogP contribution in [0.3, 0.4) is 0 Å². The fourth-order valence-electron chi connectivity index (χ4n) is 3.21. The highest BCUT2D eigenvalue weighted by Gasteiger charge is 2.58. The van der Waals surface area contributed by atoms with Crippen molar-refractivity contribution in [2.45, 2.75) is 70.4 Å². The quantitative estimate of drug-likeness (QED) is 0.815. The Kier molecular flexibility index (Phi) is 3.34. The number of aliphatic hydroxyl groups is 1. The smallest absolute Gasteiger partial charge is 0.408 e. The lowest BCUT2D eigenvalue weighted by molar-refractivity contribution is -0.0875. The van der Waals surface area contributed by atoms with Gasteiger partial charge in [-0.3, -0.25) is 0 Å². The van der Waals surface area contributed by atoms with Crippen LogP contribution < -0.4 is 5.32 Å². The molecule has 0 aromatic heterocycles. The van der Waals surface area contributed by atoms with Crippen LogP contribution in [0.25, 0.3) is 0 Å². The fraction of sp³-hybridized carbons (Fsp3) is 0.929. The van der Waals surface area contributed by atoms with E-state index in [1.54, 1.807) is 0 Å². The summed E-state index contributed by atoms with van der Waals surface area (Å²) in [5, 5.41) is 12.7. The van der Waals surface area contributed by atoms with Gasteiger partial charge in [-0.2, -0.15) is 0 Å². The third kappa shape index (κ3) is 2.22. The minimum absolute atomic E-state index is 0.0951. The lowest BCUT2D eigenvalue weighted by Crippen LogP contribution is -2.68. The molecule has 0 spiro atoms. The van der Waals surface area contributed by atoms with E-state index in [1.807, 2.05) is 20.8 Å². The van der Waals surface area contributed by atoms with Crippen molar-refractivity contribution in [1.82, 2.24) is 5.32 Å². The monoisotopic (exact) mass is 255 g/mol. The predicted molar refractivity (Wildman–Crippen MR) is 69.3 cm³/mol. The Labute approximate surface area is 109 Å². The molecule has 0 bridgehead atoms. The van der Waals surface area contributed by atoms with E-state index in [2.05, 4.69) is 5.32 Å². The average molecular weight is 255 g/mol. The van der Waals surface area contributed by atoms with E-state index >= 15 is 0 Å². The molecule has 0 aromatic carbocycles. The minimum Gasteiger partial charge on any atom is -0.444 e. The van der Waals surface area contributed by atoms with Crippen LogP contribution in [0.5, 0.6) is 0 Å². The van der Waals surface area contributed by atoms with Crippen LogP contribution in [0.2, 0.25) is 0 Å². The number of hydrogen-bond donors (Lipinski definition) is 2. The second-order valence-electron chi connectivity index (χ2n) is 6.85. The number of hydrogen-bond acceptors (Lipinski definition) is 3. The van der Waals surface area contributed by atoms with Gasteiger partial charge in [-0.1, -0.05) is 6.42 Å². The molecule has 1 amide bonds. The molecule has 4 nitrogen and oxygen atoms in total. The van der Waals surface area contributed by atoms with Crippen LogP contribution in [0.15, 0.2) is 0 Å². The van der Waals surface area contributed by atoms with Crippen molar-refractivity contribution in [3.05, 3.63) is 0 Å². The molecule has 0 atom stereocenters. The first-order valence-electron chi connectivity index (χ1n) is 6.95. The summed E-state index contributed by atoms with van der Waals surface area (Å²) in [6, 6.07) is 0. The van der Waals surface area contributed by atoms with Crippen molar-refractivity contribution in [3.8, 4) is 0 Å². The topological polar surface area (TPSA) is 58.6 Å². The van der Waals surface area contributed by atoms with Crippen LogP contribution >= 0.6 is 0 Å². The molecule has 2 aliphatic rings. The second kappa shape index (κ2) is 4.41. The molecule has 2 rings (SSSR count). The predicted octanol–water partition coefficient (Wildman–Crippen LogP) is 2.60. The number of carbonyl (C=O) groups excluding carboxylic acids is 1. The highest BCUT2D eigenvalue weighted by Crippen LogP contribution is 2.56. The molecule has 0 radical (unpaired) electrons. The largest absolute Gasteiger partial charge is 0.444 e. The van der Waals surface area contributed by atoms with E-state index in [0.717, 1.165) is 38.5 Å². The molecule has 0 unspecified atom stereocenters. The molecular weight excluding hydrogens is 230 g/mol. The molecular formula is C14H25NO3. The number of rotatable bonds is 3. The van der Waals surface area contributed by atoms with Gasteiger partial charge >= 0.3 is 6.09 Å². The van der Waals surface area contributed by atoms with E-state index in [1.165, 1.54) is 0 Å². The fourth-order valence-corrected chi connectivity index (χ4v) is 3.21. The van der Waals surface area contributed by atoms with Crippen molar-refractivity contribution in [3.63, 3.8) is 0 Å². The molecule has 2 fully saturated rings. The number of ether oxygens (including phenoxy) is 1. The van der Waals surface area contributed by atoms with E-state index in [-0.39, 0.29) is 23.7 Å². The number of alkyl carbamates (subject to hydrolysis) is 1. The summed E-state index contributed by atoms with van der Waals surface area (Å²) < 4.78 is 5.35. The molecule has 0 aromatic rings. The highest BCUT2D eigenvalue weighted by atomic mass is 16.6. The summed E-state index contributed by atoms with van der Waals surface area (Å²) in [4.78, 5) is 12.0. The SMILES string of the molecule is CC(C)(C)OC(=O)NC1(C2(CO)CCC2)CCC1.